The Labute approximate surface area is 189 Å². The van der Waals surface area contributed by atoms with Gasteiger partial charge in [0.1, 0.15) is 17.4 Å². The predicted molar refractivity (Wildman–Crippen MR) is 120 cm³/mol. The number of piperazine rings is 1. The maximum Gasteiger partial charge on any atom is 0.295 e. The number of ketones is 1. The Balaban J connectivity index is 1.30. The molecule has 0 bridgehead atoms. The van der Waals surface area contributed by atoms with Gasteiger partial charge in [-0.3, -0.25) is 14.4 Å². The van der Waals surface area contributed by atoms with E-state index in [4.69, 9.17) is 0 Å². The first-order valence-electron chi connectivity index (χ1n) is 10.5. The molecule has 11 heteroatoms. The highest BCUT2D eigenvalue weighted by Gasteiger charge is 2.31. The first kappa shape index (κ1) is 20.6. The first-order chi connectivity index (χ1) is 16.0. The summed E-state index contributed by atoms with van der Waals surface area (Å²) in [5, 5.41) is 3.46. The third-order valence-electron chi connectivity index (χ3n) is 5.77. The number of nitrogens with one attached hydrogen (secondary N) is 2. The average molecular weight is 446 g/mol. The second kappa shape index (κ2) is 8.36. The number of rotatable bonds is 4. The van der Waals surface area contributed by atoms with Crippen LogP contribution in [-0.2, 0) is 4.79 Å². The van der Waals surface area contributed by atoms with Crippen LogP contribution < -0.4 is 10.4 Å². The molecular weight excluding hydrogens is 424 g/mol. The third kappa shape index (κ3) is 3.68. The second-order valence-electron chi connectivity index (χ2n) is 7.72. The molecule has 0 spiro atoms. The number of anilines is 1. The number of carbonyl (C=O) groups excluding carboxylic acids is 3. The largest absolute Gasteiger partial charge is 0.356 e. The summed E-state index contributed by atoms with van der Waals surface area (Å²) in [6.45, 7) is 1.32. The Hall–Kier alpha value is -4.25. The molecule has 11 nitrogen and oxygen atoms in total. The van der Waals surface area contributed by atoms with Crippen molar-refractivity contribution < 1.29 is 14.4 Å². The molecule has 0 unspecified atom stereocenters. The van der Waals surface area contributed by atoms with Crippen molar-refractivity contribution in [2.24, 2.45) is 0 Å². The van der Waals surface area contributed by atoms with Crippen LogP contribution in [-0.4, -0.2) is 80.7 Å². The van der Waals surface area contributed by atoms with Crippen molar-refractivity contribution in [2.75, 3.05) is 38.2 Å². The molecule has 2 aromatic heterocycles. The number of Topliss-reactive ketones (excluding diaryl/α,β-unsaturated/α-hetero) is 1. The molecule has 2 N–H and O–H groups in total. The number of nitrogens with zero attached hydrogens (tertiary/aromatic N) is 6. The van der Waals surface area contributed by atoms with Crippen molar-refractivity contribution in [3.8, 4) is 0 Å². The summed E-state index contributed by atoms with van der Waals surface area (Å²) in [7, 11) is 1.81. The number of hydrazine groups is 2. The van der Waals surface area contributed by atoms with Crippen LogP contribution in [0.3, 0.4) is 0 Å². The van der Waals surface area contributed by atoms with E-state index in [9.17, 15) is 14.4 Å². The van der Waals surface area contributed by atoms with Crippen LogP contribution in [0.2, 0.25) is 0 Å². The maximum atomic E-state index is 13.1. The lowest BCUT2D eigenvalue weighted by molar-refractivity contribution is -0.127. The van der Waals surface area contributed by atoms with Gasteiger partial charge in [-0.25, -0.2) is 15.0 Å². The molecule has 4 heterocycles. The van der Waals surface area contributed by atoms with Crippen LogP contribution in [0.15, 0.2) is 55.3 Å². The van der Waals surface area contributed by atoms with E-state index < -0.39 is 11.7 Å². The van der Waals surface area contributed by atoms with Crippen LogP contribution >= 0.6 is 0 Å². The summed E-state index contributed by atoms with van der Waals surface area (Å²) in [5.41, 5.74) is 4.72. The summed E-state index contributed by atoms with van der Waals surface area (Å²) in [4.78, 5) is 53.4. The summed E-state index contributed by atoms with van der Waals surface area (Å²) < 4.78 is 0. The minimum atomic E-state index is -0.642. The molecule has 2 amide bonds. The van der Waals surface area contributed by atoms with Crippen LogP contribution in [0.5, 0.6) is 0 Å². The smallest absolute Gasteiger partial charge is 0.295 e. The molecule has 0 aliphatic carbocycles. The van der Waals surface area contributed by atoms with E-state index in [1.54, 1.807) is 39.6 Å². The fraction of sp³-hybridized carbons (Fsp3) is 0.227. The average Bonchev–Trinajstić information content (AvgIpc) is 3.49. The molecule has 1 aromatic carbocycles. The first-order valence-corrected chi connectivity index (χ1v) is 10.5. The minimum Gasteiger partial charge on any atom is -0.356 e. The molecule has 1 fully saturated rings. The van der Waals surface area contributed by atoms with Gasteiger partial charge in [-0.05, 0) is 12.1 Å². The van der Waals surface area contributed by atoms with E-state index in [-0.39, 0.29) is 11.5 Å². The fourth-order valence-electron chi connectivity index (χ4n) is 3.99. The molecule has 5 rings (SSSR count). The lowest BCUT2D eigenvalue weighted by Gasteiger charge is -2.34. The highest BCUT2D eigenvalue weighted by Crippen LogP contribution is 2.26. The Kier molecular flexibility index (Phi) is 5.23. The fourth-order valence-corrected chi connectivity index (χ4v) is 3.99. The van der Waals surface area contributed by atoms with Gasteiger partial charge < -0.3 is 20.2 Å². The highest BCUT2D eigenvalue weighted by atomic mass is 16.2. The minimum absolute atomic E-state index is 0.0784. The van der Waals surface area contributed by atoms with E-state index in [1.165, 1.54) is 17.4 Å². The van der Waals surface area contributed by atoms with Crippen molar-refractivity contribution >= 4 is 34.4 Å². The van der Waals surface area contributed by atoms with Gasteiger partial charge in [0.25, 0.3) is 17.6 Å². The lowest BCUT2D eigenvalue weighted by atomic mass is 10.1. The van der Waals surface area contributed by atoms with Crippen molar-refractivity contribution in [3.63, 3.8) is 0 Å². The molecule has 1 saturated heterocycles. The van der Waals surface area contributed by atoms with Crippen LogP contribution in [0.1, 0.15) is 20.7 Å². The quantitative estimate of drug-likeness (QED) is 0.446. The molecule has 2 aliphatic rings. The van der Waals surface area contributed by atoms with Crippen LogP contribution in [0.4, 0.5) is 5.82 Å². The van der Waals surface area contributed by atoms with E-state index in [1.807, 2.05) is 25.2 Å². The van der Waals surface area contributed by atoms with Gasteiger partial charge in [0.05, 0.1) is 5.56 Å². The summed E-state index contributed by atoms with van der Waals surface area (Å²) in [6, 6.07) is 9.02. The molecular formula is C22H22N8O3. The second-order valence-corrected chi connectivity index (χ2v) is 7.72. The zero-order valence-electron chi connectivity index (χ0n) is 17.9. The Morgan fingerprint density at radius 1 is 0.970 bits per heavy atom. The zero-order chi connectivity index (χ0) is 22.9. The normalized spacial score (nSPS) is 16.3. The third-order valence-corrected chi connectivity index (χ3v) is 5.77. The van der Waals surface area contributed by atoms with E-state index in [2.05, 4.69) is 20.4 Å². The van der Waals surface area contributed by atoms with Gasteiger partial charge in [-0.2, -0.15) is 0 Å². The van der Waals surface area contributed by atoms with Crippen molar-refractivity contribution in [2.45, 2.75) is 0 Å². The Morgan fingerprint density at radius 2 is 1.70 bits per heavy atom. The van der Waals surface area contributed by atoms with Gasteiger partial charge in [-0.15, -0.1) is 5.12 Å². The maximum absolute atomic E-state index is 13.1. The summed E-state index contributed by atoms with van der Waals surface area (Å²) in [6.07, 6.45) is 6.38. The number of hydrogen-bond acceptors (Lipinski definition) is 8. The van der Waals surface area contributed by atoms with Crippen LogP contribution in [0.25, 0.3) is 11.0 Å². The lowest BCUT2D eigenvalue weighted by Crippen LogP contribution is -2.52. The van der Waals surface area contributed by atoms with Crippen molar-refractivity contribution in [1.82, 2.24) is 35.3 Å². The number of aromatic amines is 1. The predicted octanol–water partition coefficient (Wildman–Crippen LogP) is 0.768. The SMILES string of the molecule is CN1NC=CN1c1ncnc2c(C(=O)C(=O)N3CCN(C(=O)c4ccccc4)CC3)c[nH]c12. The highest BCUT2D eigenvalue weighted by molar-refractivity contribution is 6.44. The molecule has 2 aliphatic heterocycles. The van der Waals surface area contributed by atoms with Crippen molar-refractivity contribution in [1.29, 1.82) is 0 Å². The van der Waals surface area contributed by atoms with E-state index >= 15 is 0 Å². The number of amides is 2. The van der Waals surface area contributed by atoms with Gasteiger partial charge in [0.2, 0.25) is 0 Å². The van der Waals surface area contributed by atoms with E-state index in [0.717, 1.165) is 0 Å². The standard InChI is InChI=1S/C22H22N8O3/c1-27-26-7-8-30(27)20-18-17(24-14-25-20)16(13-23-18)19(31)22(33)29-11-9-28(10-12-29)21(32)15-5-3-2-4-6-15/h2-8,13-14,23,26H,9-12H2,1H3. The number of H-pyrrole nitrogens is 1. The Bertz CT molecular complexity index is 1250. The Morgan fingerprint density at radius 3 is 2.39 bits per heavy atom. The monoisotopic (exact) mass is 446 g/mol. The van der Waals surface area contributed by atoms with Gasteiger partial charge >= 0.3 is 0 Å². The molecule has 0 saturated carbocycles. The molecule has 3 aromatic rings. The van der Waals surface area contributed by atoms with Gasteiger partial charge in [0, 0.05) is 57.4 Å². The number of aromatic nitrogens is 3. The number of benzene rings is 1. The van der Waals surface area contributed by atoms with Gasteiger partial charge in [0.15, 0.2) is 5.82 Å². The number of hydrogen-bond donors (Lipinski definition) is 2. The number of fused-ring (bicyclic) bond motifs is 1. The summed E-state index contributed by atoms with van der Waals surface area (Å²) >= 11 is 0. The van der Waals surface area contributed by atoms with Crippen LogP contribution in [0, 0.1) is 0 Å². The summed E-state index contributed by atoms with van der Waals surface area (Å²) in [5.74, 6) is -0.784. The zero-order valence-corrected chi connectivity index (χ0v) is 17.9. The molecule has 0 radical (unpaired) electrons. The molecule has 0 atom stereocenters. The molecule has 33 heavy (non-hydrogen) atoms. The van der Waals surface area contributed by atoms with E-state index in [0.29, 0.717) is 48.6 Å². The molecule has 168 valence electrons. The topological polar surface area (TPSA) is 118 Å². The number of carbonyl (C=O) groups is 3. The van der Waals surface area contributed by atoms with Gasteiger partial charge in [-0.1, -0.05) is 18.2 Å². The van der Waals surface area contributed by atoms with Crippen molar-refractivity contribution in [3.05, 3.63) is 66.4 Å².